The van der Waals surface area contributed by atoms with Crippen molar-refractivity contribution in [3.63, 3.8) is 0 Å². The molecule has 1 aliphatic carbocycles. The van der Waals surface area contributed by atoms with E-state index in [1.807, 2.05) is 24.3 Å². The topological polar surface area (TPSA) is 17.1 Å². The fourth-order valence-corrected chi connectivity index (χ4v) is 3.30. The molecule has 0 N–H and O–H groups in total. The molecule has 1 saturated carbocycles. The summed E-state index contributed by atoms with van der Waals surface area (Å²) in [6.07, 6.45) is 8.17. The molecule has 2 rings (SSSR count). The van der Waals surface area contributed by atoms with Gasteiger partial charge in [0.2, 0.25) is 0 Å². The molecule has 2 heteroatoms. The lowest BCUT2D eigenvalue weighted by Gasteiger charge is -2.29. The normalized spacial score (nSPS) is 20.9. The maximum absolute atomic E-state index is 12.9. The highest BCUT2D eigenvalue weighted by molar-refractivity contribution is 6.30. The van der Waals surface area contributed by atoms with Gasteiger partial charge in [-0.2, -0.15) is 0 Å². The summed E-state index contributed by atoms with van der Waals surface area (Å²) in [5, 5.41) is 0.732. The molecule has 0 atom stereocenters. The van der Waals surface area contributed by atoms with Gasteiger partial charge in [-0.1, -0.05) is 44.0 Å². The Morgan fingerprint density at radius 1 is 1.15 bits per heavy atom. The number of hydrogen-bond donors (Lipinski definition) is 0. The van der Waals surface area contributed by atoms with Crippen LogP contribution < -0.4 is 0 Å². The van der Waals surface area contributed by atoms with Crippen molar-refractivity contribution in [2.75, 3.05) is 0 Å². The molecular formula is C18H23ClO. The fraction of sp³-hybridized carbons (Fsp3) is 0.500. The zero-order valence-corrected chi connectivity index (χ0v) is 13.2. The van der Waals surface area contributed by atoms with Crippen LogP contribution in [0.25, 0.3) is 6.08 Å². The van der Waals surface area contributed by atoms with Crippen LogP contribution in [0.3, 0.4) is 0 Å². The first-order valence-electron chi connectivity index (χ1n) is 7.62. The van der Waals surface area contributed by atoms with Gasteiger partial charge >= 0.3 is 0 Å². The van der Waals surface area contributed by atoms with Crippen molar-refractivity contribution in [3.05, 3.63) is 40.4 Å². The quantitative estimate of drug-likeness (QED) is 0.517. The molecule has 0 amide bonds. The van der Waals surface area contributed by atoms with Crippen LogP contribution in [0.1, 0.15) is 57.9 Å². The minimum absolute atomic E-state index is 0.130. The molecule has 20 heavy (non-hydrogen) atoms. The summed E-state index contributed by atoms with van der Waals surface area (Å²) in [5.41, 5.74) is 1.93. The third-order valence-corrected chi connectivity index (χ3v) is 4.94. The second-order valence-corrected chi connectivity index (χ2v) is 6.18. The Morgan fingerprint density at radius 3 is 2.40 bits per heavy atom. The van der Waals surface area contributed by atoms with E-state index in [-0.39, 0.29) is 5.41 Å². The number of allylic oxidation sites excluding steroid dienone is 1. The van der Waals surface area contributed by atoms with Gasteiger partial charge in [-0.05, 0) is 61.4 Å². The minimum Gasteiger partial charge on any atom is -0.294 e. The summed E-state index contributed by atoms with van der Waals surface area (Å²) in [6, 6.07) is 7.71. The van der Waals surface area contributed by atoms with E-state index in [0.29, 0.717) is 5.78 Å². The monoisotopic (exact) mass is 290 g/mol. The minimum atomic E-state index is -0.130. The lowest BCUT2D eigenvalue weighted by atomic mass is 9.73. The van der Waals surface area contributed by atoms with Gasteiger partial charge < -0.3 is 0 Å². The second kappa shape index (κ2) is 6.58. The summed E-state index contributed by atoms with van der Waals surface area (Å²) in [4.78, 5) is 12.9. The van der Waals surface area contributed by atoms with Gasteiger partial charge in [0.1, 0.15) is 0 Å². The number of ketones is 1. The maximum atomic E-state index is 12.9. The van der Waals surface area contributed by atoms with Crippen molar-refractivity contribution in [2.24, 2.45) is 5.41 Å². The molecule has 0 saturated heterocycles. The summed E-state index contributed by atoms with van der Waals surface area (Å²) in [6.45, 7) is 4.29. The number of halogens is 1. The average Bonchev–Trinajstić information content (AvgIpc) is 2.62. The molecule has 1 aromatic carbocycles. The van der Waals surface area contributed by atoms with Crippen molar-refractivity contribution in [2.45, 2.75) is 52.4 Å². The Labute approximate surface area is 127 Å². The van der Waals surface area contributed by atoms with Gasteiger partial charge in [-0.3, -0.25) is 4.79 Å². The second-order valence-electron chi connectivity index (χ2n) is 5.74. The van der Waals surface area contributed by atoms with Crippen molar-refractivity contribution < 1.29 is 4.79 Å². The number of Topliss-reactive ketones (excluding diaryl/α,β-unsaturated/α-hetero) is 1. The molecular weight excluding hydrogens is 268 g/mol. The van der Waals surface area contributed by atoms with E-state index >= 15 is 0 Å². The van der Waals surface area contributed by atoms with Crippen LogP contribution in [0.15, 0.2) is 29.8 Å². The molecule has 0 aliphatic heterocycles. The van der Waals surface area contributed by atoms with Gasteiger partial charge in [0.05, 0.1) is 0 Å². The average molecular weight is 291 g/mol. The van der Waals surface area contributed by atoms with E-state index in [4.69, 9.17) is 11.6 Å². The fourth-order valence-electron chi connectivity index (χ4n) is 3.17. The highest BCUT2D eigenvalue weighted by Gasteiger charge is 2.37. The van der Waals surface area contributed by atoms with E-state index in [2.05, 4.69) is 19.9 Å². The van der Waals surface area contributed by atoms with Crippen LogP contribution in [0, 0.1) is 5.41 Å². The molecule has 0 bridgehead atoms. The molecule has 1 aromatic rings. The predicted molar refractivity (Wildman–Crippen MR) is 85.9 cm³/mol. The molecule has 1 nitrogen and oxygen atoms in total. The van der Waals surface area contributed by atoms with Crippen molar-refractivity contribution in [1.82, 2.24) is 0 Å². The number of carbonyl (C=O) groups is 1. The third kappa shape index (κ3) is 3.15. The Balaban J connectivity index is 2.34. The SMILES string of the molecule is CCC1(CC)CCCC/C(=C\c2ccc(Cl)cc2)C1=O. The Kier molecular flexibility index (Phi) is 5.04. The van der Waals surface area contributed by atoms with Crippen molar-refractivity contribution in [3.8, 4) is 0 Å². The van der Waals surface area contributed by atoms with Crippen LogP contribution in [-0.4, -0.2) is 5.78 Å². The van der Waals surface area contributed by atoms with Gasteiger partial charge in [0.25, 0.3) is 0 Å². The maximum Gasteiger partial charge on any atom is 0.164 e. The molecule has 0 unspecified atom stereocenters. The Hall–Kier alpha value is -1.08. The number of rotatable bonds is 3. The highest BCUT2D eigenvalue weighted by atomic mass is 35.5. The van der Waals surface area contributed by atoms with Crippen LogP contribution in [0.2, 0.25) is 5.02 Å². The zero-order valence-electron chi connectivity index (χ0n) is 12.4. The standard InChI is InChI=1S/C18H23ClO/c1-3-18(4-2)12-6-5-7-15(17(18)20)13-14-8-10-16(19)11-9-14/h8-11,13H,3-7,12H2,1-2H3/b15-13+. The van der Waals surface area contributed by atoms with Crippen LogP contribution in [-0.2, 0) is 4.79 Å². The summed E-state index contributed by atoms with van der Waals surface area (Å²) in [5.74, 6) is 0.370. The van der Waals surface area contributed by atoms with Gasteiger partial charge in [0.15, 0.2) is 5.78 Å². The highest BCUT2D eigenvalue weighted by Crippen LogP contribution is 2.40. The lowest BCUT2D eigenvalue weighted by molar-refractivity contribution is -0.125. The first-order valence-corrected chi connectivity index (χ1v) is 8.00. The van der Waals surface area contributed by atoms with Crippen LogP contribution in [0.4, 0.5) is 0 Å². The molecule has 0 aromatic heterocycles. The molecule has 108 valence electrons. The van der Waals surface area contributed by atoms with Gasteiger partial charge in [0, 0.05) is 10.4 Å². The van der Waals surface area contributed by atoms with E-state index in [0.717, 1.165) is 54.7 Å². The first-order chi connectivity index (χ1) is 9.61. The number of hydrogen-bond acceptors (Lipinski definition) is 1. The summed E-state index contributed by atoms with van der Waals surface area (Å²) < 4.78 is 0. The Bertz CT molecular complexity index is 495. The third-order valence-electron chi connectivity index (χ3n) is 4.69. The van der Waals surface area contributed by atoms with Crippen molar-refractivity contribution >= 4 is 23.5 Å². The van der Waals surface area contributed by atoms with E-state index in [1.54, 1.807) is 0 Å². The molecule has 0 heterocycles. The molecule has 1 fully saturated rings. The van der Waals surface area contributed by atoms with Gasteiger partial charge in [-0.15, -0.1) is 0 Å². The van der Waals surface area contributed by atoms with Gasteiger partial charge in [-0.25, -0.2) is 0 Å². The molecule has 0 radical (unpaired) electrons. The van der Waals surface area contributed by atoms with E-state index in [9.17, 15) is 4.79 Å². The van der Waals surface area contributed by atoms with Crippen molar-refractivity contribution in [1.29, 1.82) is 0 Å². The summed E-state index contributed by atoms with van der Waals surface area (Å²) >= 11 is 5.91. The zero-order chi connectivity index (χ0) is 14.6. The molecule has 0 spiro atoms. The first kappa shape index (κ1) is 15.3. The van der Waals surface area contributed by atoms with Crippen LogP contribution >= 0.6 is 11.6 Å². The number of carbonyl (C=O) groups excluding carboxylic acids is 1. The lowest BCUT2D eigenvalue weighted by Crippen LogP contribution is -2.29. The van der Waals surface area contributed by atoms with E-state index < -0.39 is 0 Å². The van der Waals surface area contributed by atoms with Crippen LogP contribution in [0.5, 0.6) is 0 Å². The smallest absolute Gasteiger partial charge is 0.164 e. The number of benzene rings is 1. The summed E-state index contributed by atoms with van der Waals surface area (Å²) in [7, 11) is 0. The van der Waals surface area contributed by atoms with E-state index in [1.165, 1.54) is 0 Å². The molecule has 1 aliphatic rings. The predicted octanol–water partition coefficient (Wildman–Crippen LogP) is 5.67. The largest absolute Gasteiger partial charge is 0.294 e. The Morgan fingerprint density at radius 2 is 1.80 bits per heavy atom.